The maximum Gasteiger partial charge on any atom is 0.0285 e. The molecule has 1 heterocycles. The van der Waals surface area contributed by atoms with Crippen LogP contribution in [0.15, 0.2) is 15.9 Å². The van der Waals surface area contributed by atoms with Gasteiger partial charge < -0.3 is 5.32 Å². The summed E-state index contributed by atoms with van der Waals surface area (Å²) in [5.41, 5.74) is 0. The van der Waals surface area contributed by atoms with E-state index in [4.69, 9.17) is 0 Å². The van der Waals surface area contributed by atoms with E-state index in [0.29, 0.717) is 6.04 Å². The summed E-state index contributed by atoms with van der Waals surface area (Å²) in [7, 11) is 0. The minimum atomic E-state index is 0.679. The molecule has 1 atom stereocenters. The van der Waals surface area contributed by atoms with Crippen molar-refractivity contribution in [2.45, 2.75) is 71.3 Å². The van der Waals surface area contributed by atoms with Crippen LogP contribution in [-0.4, -0.2) is 12.6 Å². The Morgan fingerprint density at radius 3 is 2.57 bits per heavy atom. The lowest BCUT2D eigenvalue weighted by Crippen LogP contribution is -2.40. The van der Waals surface area contributed by atoms with Crippen molar-refractivity contribution in [3.63, 3.8) is 0 Å². The van der Waals surface area contributed by atoms with Gasteiger partial charge in [-0.05, 0) is 66.1 Å². The summed E-state index contributed by atoms with van der Waals surface area (Å²) in [4.78, 5) is 1.52. The Hall–Kier alpha value is 0.140. The first-order chi connectivity index (χ1) is 10.2. The van der Waals surface area contributed by atoms with Gasteiger partial charge in [0.25, 0.3) is 0 Å². The van der Waals surface area contributed by atoms with Gasteiger partial charge in [-0.2, -0.15) is 0 Å². The van der Waals surface area contributed by atoms with Crippen molar-refractivity contribution >= 4 is 27.3 Å². The van der Waals surface area contributed by atoms with Crippen LogP contribution in [0.5, 0.6) is 0 Å². The Balaban J connectivity index is 1.90. The van der Waals surface area contributed by atoms with Crippen LogP contribution in [0.1, 0.15) is 63.7 Å². The molecule has 1 unspecified atom stereocenters. The van der Waals surface area contributed by atoms with Crippen molar-refractivity contribution in [2.75, 3.05) is 6.54 Å². The normalized spacial score (nSPS) is 24.1. The minimum absolute atomic E-state index is 0.679. The maximum absolute atomic E-state index is 3.84. The average Bonchev–Trinajstić information content (AvgIpc) is 2.90. The van der Waals surface area contributed by atoms with Crippen molar-refractivity contribution in [1.29, 1.82) is 0 Å². The van der Waals surface area contributed by atoms with Crippen LogP contribution in [-0.2, 0) is 6.42 Å². The highest BCUT2D eigenvalue weighted by atomic mass is 79.9. The van der Waals surface area contributed by atoms with E-state index in [1.807, 2.05) is 11.3 Å². The van der Waals surface area contributed by atoms with E-state index in [-0.39, 0.29) is 0 Å². The summed E-state index contributed by atoms with van der Waals surface area (Å²) < 4.78 is 1.24. The van der Waals surface area contributed by atoms with Gasteiger partial charge in [-0.3, -0.25) is 0 Å². The lowest BCUT2D eigenvalue weighted by atomic mass is 9.76. The van der Waals surface area contributed by atoms with E-state index in [9.17, 15) is 0 Å². The number of hydrogen-bond donors (Lipinski definition) is 1. The fourth-order valence-electron chi connectivity index (χ4n) is 3.70. The summed E-state index contributed by atoms with van der Waals surface area (Å²) in [5.74, 6) is 1.89. The molecule has 1 saturated carbocycles. The molecule has 1 aliphatic rings. The van der Waals surface area contributed by atoms with E-state index >= 15 is 0 Å². The topological polar surface area (TPSA) is 12.0 Å². The van der Waals surface area contributed by atoms with Gasteiger partial charge in [0.2, 0.25) is 0 Å². The zero-order chi connectivity index (χ0) is 15.1. The monoisotopic (exact) mass is 371 g/mol. The number of rotatable bonds is 8. The molecule has 3 heteroatoms. The van der Waals surface area contributed by atoms with Gasteiger partial charge >= 0.3 is 0 Å². The summed E-state index contributed by atoms with van der Waals surface area (Å²) in [6.07, 6.45) is 11.0. The van der Waals surface area contributed by atoms with Gasteiger partial charge in [0.1, 0.15) is 0 Å². The predicted molar refractivity (Wildman–Crippen MR) is 98.2 cm³/mol. The fraction of sp³-hybridized carbons (Fsp3) is 0.778. The summed E-state index contributed by atoms with van der Waals surface area (Å²) >= 11 is 5.48. The van der Waals surface area contributed by atoms with Gasteiger partial charge in [0, 0.05) is 20.8 Å². The van der Waals surface area contributed by atoms with Crippen molar-refractivity contribution in [3.8, 4) is 0 Å². The van der Waals surface area contributed by atoms with Crippen molar-refractivity contribution < 1.29 is 0 Å². The second kappa shape index (κ2) is 9.32. The molecule has 1 aromatic rings. The van der Waals surface area contributed by atoms with Crippen LogP contribution in [0.4, 0.5) is 0 Å². The van der Waals surface area contributed by atoms with E-state index in [1.54, 1.807) is 0 Å². The Kier molecular flexibility index (Phi) is 7.76. The summed E-state index contributed by atoms with van der Waals surface area (Å²) in [6, 6.07) is 2.98. The molecule has 1 fully saturated rings. The Bertz CT molecular complexity index is 396. The van der Waals surface area contributed by atoms with Gasteiger partial charge in [-0.1, -0.05) is 39.5 Å². The molecule has 1 N–H and O–H groups in total. The first-order valence-electron chi connectivity index (χ1n) is 8.69. The third-order valence-corrected chi connectivity index (χ3v) is 6.58. The average molecular weight is 372 g/mol. The van der Waals surface area contributed by atoms with E-state index in [0.717, 1.165) is 18.4 Å². The second-order valence-corrected chi connectivity index (χ2v) is 8.48. The molecule has 0 amide bonds. The molecule has 0 saturated heterocycles. The van der Waals surface area contributed by atoms with Gasteiger partial charge in [0.05, 0.1) is 0 Å². The smallest absolute Gasteiger partial charge is 0.0285 e. The summed E-state index contributed by atoms with van der Waals surface area (Å²) in [5, 5.41) is 6.05. The molecule has 120 valence electrons. The number of halogens is 1. The molecule has 21 heavy (non-hydrogen) atoms. The van der Waals surface area contributed by atoms with Crippen LogP contribution in [0.3, 0.4) is 0 Å². The quantitative estimate of drug-likeness (QED) is 0.588. The number of thiophene rings is 1. The van der Waals surface area contributed by atoms with E-state index in [1.165, 1.54) is 60.7 Å². The maximum atomic E-state index is 3.84. The minimum Gasteiger partial charge on any atom is -0.313 e. The molecule has 0 spiro atoms. The van der Waals surface area contributed by atoms with Gasteiger partial charge in [-0.15, -0.1) is 11.3 Å². The number of hydrogen-bond acceptors (Lipinski definition) is 2. The van der Waals surface area contributed by atoms with Crippen LogP contribution >= 0.6 is 27.3 Å². The van der Waals surface area contributed by atoms with Crippen LogP contribution in [0, 0.1) is 11.8 Å². The van der Waals surface area contributed by atoms with Crippen LogP contribution < -0.4 is 5.32 Å². The highest BCUT2D eigenvalue weighted by Crippen LogP contribution is 2.34. The SMILES string of the molecule is CCCNC(Cc1cc(Br)cs1)C1CCC(CCC)CC1. The molecule has 0 bridgehead atoms. The lowest BCUT2D eigenvalue weighted by molar-refractivity contribution is 0.213. The van der Waals surface area contributed by atoms with Crippen molar-refractivity contribution in [2.24, 2.45) is 11.8 Å². The molecule has 0 aromatic carbocycles. The van der Waals surface area contributed by atoms with Gasteiger partial charge in [-0.25, -0.2) is 0 Å². The fourth-order valence-corrected chi connectivity index (χ4v) is 5.21. The highest BCUT2D eigenvalue weighted by molar-refractivity contribution is 9.10. The molecule has 1 aromatic heterocycles. The van der Waals surface area contributed by atoms with Crippen LogP contribution in [0.2, 0.25) is 0 Å². The third-order valence-electron chi connectivity index (χ3n) is 4.86. The highest BCUT2D eigenvalue weighted by Gasteiger charge is 2.27. The Labute approximate surface area is 143 Å². The molecule has 0 radical (unpaired) electrons. The first kappa shape index (κ1) is 17.5. The molecule has 1 nitrogen and oxygen atoms in total. The summed E-state index contributed by atoms with van der Waals surface area (Å²) in [6.45, 7) is 5.75. The molecule has 2 rings (SSSR count). The first-order valence-corrected chi connectivity index (χ1v) is 10.4. The number of nitrogens with one attached hydrogen (secondary N) is 1. The predicted octanol–water partition coefficient (Wildman–Crippen LogP) is 6.03. The van der Waals surface area contributed by atoms with Crippen LogP contribution in [0.25, 0.3) is 0 Å². The molecular weight excluding hydrogens is 342 g/mol. The Morgan fingerprint density at radius 1 is 1.24 bits per heavy atom. The zero-order valence-corrected chi connectivity index (χ0v) is 15.9. The van der Waals surface area contributed by atoms with Gasteiger partial charge in [0.15, 0.2) is 0 Å². The molecule has 0 aliphatic heterocycles. The molecular formula is C18H30BrNS. The Morgan fingerprint density at radius 2 is 2.00 bits per heavy atom. The van der Waals surface area contributed by atoms with Crippen molar-refractivity contribution in [1.82, 2.24) is 5.32 Å². The molecule has 1 aliphatic carbocycles. The van der Waals surface area contributed by atoms with E-state index < -0.39 is 0 Å². The lowest BCUT2D eigenvalue weighted by Gasteiger charge is -2.34. The third kappa shape index (κ3) is 5.69. The zero-order valence-electron chi connectivity index (χ0n) is 13.5. The standard InChI is InChI=1S/C18H30BrNS/c1-3-5-14-6-8-15(9-7-14)18(20-10-4-2)12-17-11-16(19)13-21-17/h11,13-15,18,20H,3-10,12H2,1-2H3. The largest absolute Gasteiger partial charge is 0.313 e. The van der Waals surface area contributed by atoms with Crippen molar-refractivity contribution in [3.05, 3.63) is 20.8 Å². The van der Waals surface area contributed by atoms with E-state index in [2.05, 4.69) is 46.5 Å². The second-order valence-electron chi connectivity index (χ2n) is 6.57.